The zero-order valence-electron chi connectivity index (χ0n) is 14.3. The first-order valence-electron chi connectivity index (χ1n) is 8.52. The van der Waals surface area contributed by atoms with Gasteiger partial charge in [-0.3, -0.25) is 13.9 Å². The van der Waals surface area contributed by atoms with E-state index in [0.717, 1.165) is 23.9 Å². The molecule has 0 bridgehead atoms. The zero-order valence-corrected chi connectivity index (χ0v) is 14.3. The SMILES string of the molecule is Cn1c(=O)n(CC(=O)N2CCC[C@@H](c3n[nH]c(=O)o3)C2)c2ccccc21. The second kappa shape index (κ2) is 6.32. The van der Waals surface area contributed by atoms with Gasteiger partial charge in [0.2, 0.25) is 11.8 Å². The summed E-state index contributed by atoms with van der Waals surface area (Å²) in [6.07, 6.45) is 1.59. The van der Waals surface area contributed by atoms with Crippen LogP contribution in [0.4, 0.5) is 0 Å². The third-order valence-corrected chi connectivity index (χ3v) is 4.92. The Morgan fingerprint density at radius 1 is 1.31 bits per heavy atom. The molecule has 9 nitrogen and oxygen atoms in total. The number of likely N-dealkylation sites (tertiary alicyclic amines) is 1. The van der Waals surface area contributed by atoms with E-state index in [0.29, 0.717) is 19.0 Å². The minimum atomic E-state index is -0.592. The summed E-state index contributed by atoms with van der Waals surface area (Å²) >= 11 is 0. The van der Waals surface area contributed by atoms with Gasteiger partial charge in [0.25, 0.3) is 0 Å². The van der Waals surface area contributed by atoms with E-state index in [1.54, 1.807) is 16.5 Å². The number of hydrogen-bond donors (Lipinski definition) is 1. The van der Waals surface area contributed by atoms with Gasteiger partial charge in [-0.05, 0) is 25.0 Å². The summed E-state index contributed by atoms with van der Waals surface area (Å²) in [4.78, 5) is 38.1. The topological polar surface area (TPSA) is 106 Å². The van der Waals surface area contributed by atoms with Crippen molar-refractivity contribution in [1.82, 2.24) is 24.2 Å². The number of carbonyl (C=O) groups is 1. The Labute approximate surface area is 147 Å². The van der Waals surface area contributed by atoms with Gasteiger partial charge in [0.1, 0.15) is 6.54 Å². The minimum absolute atomic E-state index is 0.0164. The Kier molecular flexibility index (Phi) is 3.98. The third-order valence-electron chi connectivity index (χ3n) is 4.92. The van der Waals surface area contributed by atoms with E-state index in [-0.39, 0.29) is 24.1 Å². The van der Waals surface area contributed by atoms with E-state index in [4.69, 9.17) is 4.42 Å². The second-order valence-corrected chi connectivity index (χ2v) is 6.55. The Balaban J connectivity index is 1.56. The maximum Gasteiger partial charge on any atom is 0.434 e. The Morgan fingerprint density at radius 3 is 2.81 bits per heavy atom. The first-order chi connectivity index (χ1) is 12.5. The highest BCUT2D eigenvalue weighted by molar-refractivity contribution is 5.81. The predicted molar refractivity (Wildman–Crippen MR) is 92.9 cm³/mol. The molecule has 0 unspecified atom stereocenters. The number of benzene rings is 1. The van der Waals surface area contributed by atoms with Crippen molar-refractivity contribution in [3.63, 3.8) is 0 Å². The number of amides is 1. The van der Waals surface area contributed by atoms with Gasteiger partial charge in [-0.25, -0.2) is 14.7 Å². The van der Waals surface area contributed by atoms with Gasteiger partial charge in [-0.2, -0.15) is 0 Å². The summed E-state index contributed by atoms with van der Waals surface area (Å²) < 4.78 is 8.07. The molecule has 1 amide bonds. The number of para-hydroxylation sites is 2. The summed E-state index contributed by atoms with van der Waals surface area (Å²) in [5.41, 5.74) is 1.31. The highest BCUT2D eigenvalue weighted by atomic mass is 16.4. The molecule has 26 heavy (non-hydrogen) atoms. The van der Waals surface area contributed by atoms with Gasteiger partial charge < -0.3 is 9.32 Å². The predicted octanol–water partition coefficient (Wildman–Crippen LogP) is 0.422. The van der Waals surface area contributed by atoms with E-state index >= 15 is 0 Å². The fraction of sp³-hybridized carbons (Fsp3) is 0.412. The van der Waals surface area contributed by atoms with Crippen molar-refractivity contribution >= 4 is 16.9 Å². The number of imidazole rings is 1. The van der Waals surface area contributed by atoms with Crippen molar-refractivity contribution in [2.24, 2.45) is 7.05 Å². The van der Waals surface area contributed by atoms with Gasteiger partial charge >= 0.3 is 11.4 Å². The van der Waals surface area contributed by atoms with Crippen LogP contribution >= 0.6 is 0 Å². The molecular weight excluding hydrogens is 338 g/mol. The maximum absolute atomic E-state index is 12.8. The minimum Gasteiger partial charge on any atom is -0.392 e. The van der Waals surface area contributed by atoms with Crippen LogP contribution in [0.25, 0.3) is 11.0 Å². The molecule has 0 radical (unpaired) electrons. The lowest BCUT2D eigenvalue weighted by molar-refractivity contribution is -0.133. The lowest BCUT2D eigenvalue weighted by Gasteiger charge is -2.31. The smallest absolute Gasteiger partial charge is 0.392 e. The van der Waals surface area contributed by atoms with Gasteiger partial charge in [0.15, 0.2) is 0 Å². The van der Waals surface area contributed by atoms with Gasteiger partial charge in [-0.15, -0.1) is 5.10 Å². The monoisotopic (exact) mass is 357 g/mol. The molecule has 1 fully saturated rings. The number of hydrogen-bond acceptors (Lipinski definition) is 5. The zero-order chi connectivity index (χ0) is 18.3. The molecular formula is C17H19N5O4. The number of rotatable bonds is 3. The second-order valence-electron chi connectivity index (χ2n) is 6.55. The molecule has 1 N–H and O–H groups in total. The lowest BCUT2D eigenvalue weighted by atomic mass is 9.98. The van der Waals surface area contributed by atoms with E-state index in [9.17, 15) is 14.4 Å². The number of H-pyrrole nitrogens is 1. The summed E-state index contributed by atoms with van der Waals surface area (Å²) in [5, 5.41) is 6.13. The summed E-state index contributed by atoms with van der Waals surface area (Å²) in [6.45, 7) is 1.02. The van der Waals surface area contributed by atoms with Crippen LogP contribution < -0.4 is 11.4 Å². The number of nitrogens with zero attached hydrogens (tertiary/aromatic N) is 4. The first kappa shape index (κ1) is 16.4. The molecule has 1 aromatic carbocycles. The summed E-state index contributed by atoms with van der Waals surface area (Å²) in [5.74, 6) is -0.512. The molecule has 4 rings (SSSR count). The van der Waals surface area contributed by atoms with E-state index in [1.807, 2.05) is 24.3 Å². The van der Waals surface area contributed by atoms with Gasteiger partial charge in [0, 0.05) is 20.1 Å². The van der Waals surface area contributed by atoms with Gasteiger partial charge in [-0.1, -0.05) is 12.1 Å². The largest absolute Gasteiger partial charge is 0.434 e. The number of fused-ring (bicyclic) bond motifs is 1. The molecule has 0 spiro atoms. The Hall–Kier alpha value is -3.10. The molecule has 0 saturated carbocycles. The highest BCUT2D eigenvalue weighted by Gasteiger charge is 2.28. The molecule has 2 aromatic heterocycles. The number of piperidine rings is 1. The van der Waals surface area contributed by atoms with Crippen molar-refractivity contribution < 1.29 is 9.21 Å². The molecule has 1 saturated heterocycles. The van der Waals surface area contributed by atoms with Crippen molar-refractivity contribution in [3.8, 4) is 0 Å². The average Bonchev–Trinajstić information content (AvgIpc) is 3.20. The van der Waals surface area contributed by atoms with Crippen LogP contribution in [0.2, 0.25) is 0 Å². The van der Waals surface area contributed by atoms with Crippen molar-refractivity contribution in [2.75, 3.05) is 13.1 Å². The van der Waals surface area contributed by atoms with Crippen LogP contribution in [0.3, 0.4) is 0 Å². The molecule has 1 aliphatic heterocycles. The average molecular weight is 357 g/mol. The number of nitrogens with one attached hydrogen (secondary N) is 1. The van der Waals surface area contributed by atoms with Crippen LogP contribution in [0.1, 0.15) is 24.7 Å². The highest BCUT2D eigenvalue weighted by Crippen LogP contribution is 2.25. The Morgan fingerprint density at radius 2 is 2.08 bits per heavy atom. The number of carbonyl (C=O) groups excluding carboxylic acids is 1. The van der Waals surface area contributed by atoms with Crippen molar-refractivity contribution in [2.45, 2.75) is 25.3 Å². The number of aryl methyl sites for hydroxylation is 1. The van der Waals surface area contributed by atoms with Crippen molar-refractivity contribution in [1.29, 1.82) is 0 Å². The fourth-order valence-electron chi connectivity index (χ4n) is 3.57. The van der Waals surface area contributed by atoms with Crippen LogP contribution in [0.5, 0.6) is 0 Å². The fourth-order valence-corrected chi connectivity index (χ4v) is 3.57. The number of aromatic nitrogens is 4. The lowest BCUT2D eigenvalue weighted by Crippen LogP contribution is -2.42. The standard InChI is InChI=1S/C17H19N5O4/c1-20-12-6-2-3-7-13(12)22(17(20)25)10-14(23)21-8-4-5-11(9-21)15-18-19-16(24)26-15/h2-3,6-7,11H,4-5,8-10H2,1H3,(H,19,24)/t11-/m1/s1. The molecule has 1 aliphatic rings. The van der Waals surface area contributed by atoms with Crippen LogP contribution in [-0.4, -0.2) is 43.2 Å². The molecule has 3 heterocycles. The van der Waals surface area contributed by atoms with Crippen LogP contribution in [-0.2, 0) is 18.4 Å². The molecule has 3 aromatic rings. The van der Waals surface area contributed by atoms with Crippen LogP contribution in [0, 0.1) is 0 Å². The molecule has 136 valence electrons. The van der Waals surface area contributed by atoms with Crippen LogP contribution in [0.15, 0.2) is 38.3 Å². The van der Waals surface area contributed by atoms with E-state index in [1.165, 1.54) is 4.57 Å². The first-order valence-corrected chi connectivity index (χ1v) is 8.52. The summed E-state index contributed by atoms with van der Waals surface area (Å²) in [6, 6.07) is 7.40. The Bertz CT molecular complexity index is 1070. The quantitative estimate of drug-likeness (QED) is 0.731. The molecule has 9 heteroatoms. The molecule has 1 atom stereocenters. The third kappa shape index (κ3) is 2.75. The molecule has 0 aliphatic carbocycles. The summed E-state index contributed by atoms with van der Waals surface area (Å²) in [7, 11) is 1.70. The maximum atomic E-state index is 12.8. The van der Waals surface area contributed by atoms with Gasteiger partial charge in [0.05, 0.1) is 17.0 Å². The van der Waals surface area contributed by atoms with E-state index in [2.05, 4.69) is 10.2 Å². The van der Waals surface area contributed by atoms with E-state index < -0.39 is 5.76 Å². The van der Waals surface area contributed by atoms with Crippen molar-refractivity contribution in [3.05, 3.63) is 51.2 Å². The number of aromatic amines is 1. The normalized spacial score (nSPS) is 17.7.